The minimum absolute atomic E-state index is 0.430. The van der Waals surface area contributed by atoms with Crippen LogP contribution in [-0.4, -0.2) is 18.0 Å². The van der Waals surface area contributed by atoms with Crippen LogP contribution in [0.15, 0.2) is 12.2 Å². The second-order valence-electron chi connectivity index (χ2n) is 3.89. The first-order chi connectivity index (χ1) is 5.86. The van der Waals surface area contributed by atoms with Crippen LogP contribution in [0.3, 0.4) is 0 Å². The fraction of sp³-hybridized carbons (Fsp3) is 0.800. The van der Waals surface area contributed by atoms with Gasteiger partial charge in [-0.25, -0.2) is 0 Å². The second-order valence-corrected chi connectivity index (χ2v) is 4.50. The first-order valence-corrected chi connectivity index (χ1v) is 5.34. The summed E-state index contributed by atoms with van der Waals surface area (Å²) in [6.45, 7) is 1.05. The molecule has 2 unspecified atom stereocenters. The fourth-order valence-electron chi connectivity index (χ4n) is 2.30. The highest BCUT2D eigenvalue weighted by Crippen LogP contribution is 2.31. The Labute approximate surface area is 79.2 Å². The van der Waals surface area contributed by atoms with Gasteiger partial charge in [-0.05, 0) is 25.2 Å². The Hall–Kier alpha value is -0.0100. The third-order valence-corrected chi connectivity index (χ3v) is 3.37. The van der Waals surface area contributed by atoms with Crippen LogP contribution in [0.4, 0.5) is 0 Å². The van der Waals surface area contributed by atoms with Gasteiger partial charge in [-0.15, -0.1) is 11.6 Å². The molecule has 1 aliphatic heterocycles. The van der Waals surface area contributed by atoms with Crippen molar-refractivity contribution in [2.45, 2.75) is 37.1 Å². The average molecular weight is 186 g/mol. The largest absolute Gasteiger partial charge is 0.307 e. The van der Waals surface area contributed by atoms with Crippen molar-refractivity contribution < 1.29 is 0 Å². The van der Waals surface area contributed by atoms with Crippen LogP contribution in [0.25, 0.3) is 0 Å². The molecule has 12 heavy (non-hydrogen) atoms. The fourth-order valence-corrected chi connectivity index (χ4v) is 2.69. The van der Waals surface area contributed by atoms with Crippen molar-refractivity contribution in [2.24, 2.45) is 5.92 Å². The standard InChI is InChI=1S/C10H16ClN/c11-9-4-1-3-8(7-9)10-5-2-6-12-10/h2,5,8-10,12H,1,3-4,6-7H2/t8-,9?,10?/m0/s1. The Morgan fingerprint density at radius 1 is 1.33 bits per heavy atom. The van der Waals surface area contributed by atoms with E-state index in [1.807, 2.05) is 0 Å². The van der Waals surface area contributed by atoms with Gasteiger partial charge in [-0.1, -0.05) is 18.6 Å². The molecular weight excluding hydrogens is 170 g/mol. The summed E-state index contributed by atoms with van der Waals surface area (Å²) in [6.07, 6.45) is 9.61. The third-order valence-electron chi connectivity index (χ3n) is 2.97. The van der Waals surface area contributed by atoms with Gasteiger partial charge in [-0.2, -0.15) is 0 Å². The topological polar surface area (TPSA) is 12.0 Å². The Morgan fingerprint density at radius 2 is 2.25 bits per heavy atom. The number of halogens is 1. The van der Waals surface area contributed by atoms with Crippen LogP contribution < -0.4 is 5.32 Å². The van der Waals surface area contributed by atoms with Gasteiger partial charge in [0.25, 0.3) is 0 Å². The number of alkyl halides is 1. The molecule has 1 N–H and O–H groups in total. The maximum atomic E-state index is 6.14. The Morgan fingerprint density at radius 3 is 2.92 bits per heavy atom. The van der Waals surface area contributed by atoms with E-state index in [2.05, 4.69) is 17.5 Å². The zero-order chi connectivity index (χ0) is 8.39. The molecule has 3 atom stereocenters. The van der Waals surface area contributed by atoms with Gasteiger partial charge in [-0.3, -0.25) is 0 Å². The van der Waals surface area contributed by atoms with Crippen LogP contribution >= 0.6 is 11.6 Å². The molecule has 1 heterocycles. The zero-order valence-corrected chi connectivity index (χ0v) is 8.06. The zero-order valence-electron chi connectivity index (χ0n) is 7.30. The normalized spacial score (nSPS) is 41.9. The first kappa shape index (κ1) is 8.58. The molecule has 0 aromatic carbocycles. The van der Waals surface area contributed by atoms with Crippen LogP contribution in [0.2, 0.25) is 0 Å². The number of rotatable bonds is 1. The molecule has 0 spiro atoms. The van der Waals surface area contributed by atoms with Gasteiger partial charge in [0.05, 0.1) is 0 Å². The van der Waals surface area contributed by atoms with Gasteiger partial charge < -0.3 is 5.32 Å². The summed E-state index contributed by atoms with van der Waals surface area (Å²) >= 11 is 6.14. The van der Waals surface area contributed by atoms with E-state index in [-0.39, 0.29) is 0 Å². The number of hydrogen-bond donors (Lipinski definition) is 1. The number of hydrogen-bond acceptors (Lipinski definition) is 1. The molecule has 2 rings (SSSR count). The predicted molar refractivity (Wildman–Crippen MR) is 52.5 cm³/mol. The molecule has 0 bridgehead atoms. The van der Waals surface area contributed by atoms with Crippen molar-refractivity contribution in [2.75, 3.05) is 6.54 Å². The first-order valence-electron chi connectivity index (χ1n) is 4.90. The van der Waals surface area contributed by atoms with Crippen LogP contribution in [-0.2, 0) is 0 Å². The van der Waals surface area contributed by atoms with Crippen molar-refractivity contribution in [1.82, 2.24) is 5.32 Å². The highest BCUT2D eigenvalue weighted by atomic mass is 35.5. The van der Waals surface area contributed by atoms with Crippen LogP contribution in [0.5, 0.6) is 0 Å². The van der Waals surface area contributed by atoms with Crippen molar-refractivity contribution in [1.29, 1.82) is 0 Å². The lowest BCUT2D eigenvalue weighted by atomic mass is 9.84. The summed E-state index contributed by atoms with van der Waals surface area (Å²) in [5, 5.41) is 3.91. The lowest BCUT2D eigenvalue weighted by Gasteiger charge is -2.29. The predicted octanol–water partition coefficient (Wildman–Crippen LogP) is 2.31. The Kier molecular flexibility index (Phi) is 2.72. The molecule has 1 saturated carbocycles. The van der Waals surface area contributed by atoms with Crippen molar-refractivity contribution in [3.63, 3.8) is 0 Å². The molecule has 0 aromatic heterocycles. The summed E-state index contributed by atoms with van der Waals surface area (Å²) in [5.41, 5.74) is 0. The molecule has 2 aliphatic rings. The lowest BCUT2D eigenvalue weighted by Crippen LogP contribution is -2.34. The van der Waals surface area contributed by atoms with E-state index in [9.17, 15) is 0 Å². The summed E-state index contributed by atoms with van der Waals surface area (Å²) in [6, 6.07) is 0.617. The second kappa shape index (κ2) is 3.80. The number of nitrogens with one attached hydrogen (secondary N) is 1. The van der Waals surface area contributed by atoms with E-state index >= 15 is 0 Å². The van der Waals surface area contributed by atoms with Gasteiger partial charge in [0.15, 0.2) is 0 Å². The van der Waals surface area contributed by atoms with E-state index < -0.39 is 0 Å². The summed E-state index contributed by atoms with van der Waals surface area (Å²) in [4.78, 5) is 0. The quantitative estimate of drug-likeness (QED) is 0.489. The van der Waals surface area contributed by atoms with E-state index in [0.717, 1.165) is 12.5 Å². The molecule has 0 saturated heterocycles. The molecular formula is C10H16ClN. The third kappa shape index (κ3) is 1.83. The van der Waals surface area contributed by atoms with Gasteiger partial charge >= 0.3 is 0 Å². The van der Waals surface area contributed by atoms with Crippen molar-refractivity contribution in [3.05, 3.63) is 12.2 Å². The van der Waals surface area contributed by atoms with Crippen LogP contribution in [0.1, 0.15) is 25.7 Å². The van der Waals surface area contributed by atoms with E-state index in [4.69, 9.17) is 11.6 Å². The van der Waals surface area contributed by atoms with Crippen molar-refractivity contribution >= 4 is 11.6 Å². The minimum atomic E-state index is 0.430. The molecule has 2 heteroatoms. The maximum absolute atomic E-state index is 6.14. The van der Waals surface area contributed by atoms with Gasteiger partial charge in [0.2, 0.25) is 0 Å². The lowest BCUT2D eigenvalue weighted by molar-refractivity contribution is 0.316. The van der Waals surface area contributed by atoms with E-state index in [0.29, 0.717) is 11.4 Å². The highest BCUT2D eigenvalue weighted by molar-refractivity contribution is 6.20. The van der Waals surface area contributed by atoms with Crippen LogP contribution in [0, 0.1) is 5.92 Å². The van der Waals surface area contributed by atoms with Gasteiger partial charge in [0.1, 0.15) is 0 Å². The summed E-state index contributed by atoms with van der Waals surface area (Å²) in [5.74, 6) is 0.792. The minimum Gasteiger partial charge on any atom is -0.307 e. The van der Waals surface area contributed by atoms with E-state index in [1.54, 1.807) is 0 Å². The highest BCUT2D eigenvalue weighted by Gasteiger charge is 2.26. The molecule has 1 fully saturated rings. The monoisotopic (exact) mass is 185 g/mol. The van der Waals surface area contributed by atoms with Gasteiger partial charge in [0, 0.05) is 18.0 Å². The smallest absolute Gasteiger partial charge is 0.0339 e. The Bertz CT molecular complexity index is 179. The summed E-state index contributed by atoms with van der Waals surface area (Å²) in [7, 11) is 0. The molecule has 0 amide bonds. The molecule has 68 valence electrons. The SMILES string of the molecule is ClC1CCC[C@H](C2C=CCN2)C1. The Balaban J connectivity index is 1.89. The van der Waals surface area contributed by atoms with E-state index in [1.165, 1.54) is 25.7 Å². The average Bonchev–Trinajstić information content (AvgIpc) is 2.56. The molecule has 0 radical (unpaired) electrons. The van der Waals surface area contributed by atoms with Crippen molar-refractivity contribution in [3.8, 4) is 0 Å². The summed E-state index contributed by atoms with van der Waals surface area (Å²) < 4.78 is 0. The molecule has 0 aromatic rings. The maximum Gasteiger partial charge on any atom is 0.0339 e. The molecule has 1 aliphatic carbocycles. The molecule has 1 nitrogen and oxygen atoms in total.